The second-order valence-electron chi connectivity index (χ2n) is 9.73. The molecular weight excluding hydrogens is 497 g/mol. The first-order valence-corrected chi connectivity index (χ1v) is 13.3. The van der Waals surface area contributed by atoms with Crippen molar-refractivity contribution in [1.82, 2.24) is 4.90 Å². The predicted octanol–water partition coefficient (Wildman–Crippen LogP) is 4.71. The number of anilines is 1. The van der Waals surface area contributed by atoms with Gasteiger partial charge in [0.2, 0.25) is 5.91 Å². The molecule has 0 bridgehead atoms. The molecule has 1 aliphatic rings. The van der Waals surface area contributed by atoms with E-state index in [1.807, 2.05) is 42.5 Å². The van der Waals surface area contributed by atoms with Gasteiger partial charge in [0.05, 0.1) is 17.9 Å². The number of nitrogens with zero attached hydrogens (tertiary/aromatic N) is 2. The number of rotatable bonds is 11. The summed E-state index contributed by atoms with van der Waals surface area (Å²) in [6.45, 7) is 1.81. The van der Waals surface area contributed by atoms with Gasteiger partial charge in [0.1, 0.15) is 5.82 Å². The SMILES string of the molecule is O=C(CN1CCCCC1)Nc1ccccc1C(=N[C@H](C(=O)O)[C@@H](CCO)c1ccc(F)cc1)c1ccccc1. The molecule has 3 aromatic rings. The standard InChI is InChI=1S/C31H34FN3O4/c32-24-15-13-22(14-16-24)25(17-20-36)30(31(38)39)34-29(23-9-3-1-4-10-23)26-11-5-6-12-27(26)33-28(37)21-35-18-7-2-8-19-35/h1,3-6,9-16,25,30,36H,2,7-8,17-21H2,(H,33,37)(H,38,39)/t25-,30-/m0/s1. The number of para-hydroxylation sites is 1. The molecule has 7 nitrogen and oxygen atoms in total. The van der Waals surface area contributed by atoms with Crippen molar-refractivity contribution in [3.63, 3.8) is 0 Å². The van der Waals surface area contributed by atoms with Crippen LogP contribution in [0.1, 0.15) is 48.3 Å². The van der Waals surface area contributed by atoms with E-state index < -0.39 is 23.7 Å². The van der Waals surface area contributed by atoms with Crippen LogP contribution in [0.3, 0.4) is 0 Å². The lowest BCUT2D eigenvalue weighted by atomic mass is 9.88. The van der Waals surface area contributed by atoms with E-state index in [0.717, 1.165) is 25.9 Å². The third kappa shape index (κ3) is 7.59. The number of amides is 1. The van der Waals surface area contributed by atoms with Gasteiger partial charge < -0.3 is 15.5 Å². The van der Waals surface area contributed by atoms with Crippen LogP contribution in [0, 0.1) is 5.82 Å². The second-order valence-corrected chi connectivity index (χ2v) is 9.73. The lowest BCUT2D eigenvalue weighted by Crippen LogP contribution is -2.37. The van der Waals surface area contributed by atoms with Crippen LogP contribution in [-0.4, -0.2) is 65.0 Å². The van der Waals surface area contributed by atoms with Crippen LogP contribution in [0.4, 0.5) is 10.1 Å². The minimum absolute atomic E-state index is 0.127. The van der Waals surface area contributed by atoms with E-state index in [0.29, 0.717) is 28.1 Å². The second kappa shape index (κ2) is 13.8. The summed E-state index contributed by atoms with van der Waals surface area (Å²) in [6, 6.07) is 20.7. The number of halogens is 1. The Kier molecular flexibility index (Phi) is 9.94. The maximum absolute atomic E-state index is 13.6. The summed E-state index contributed by atoms with van der Waals surface area (Å²) in [6.07, 6.45) is 3.46. The highest BCUT2D eigenvalue weighted by Crippen LogP contribution is 2.29. The highest BCUT2D eigenvalue weighted by Gasteiger charge is 2.30. The van der Waals surface area contributed by atoms with Crippen molar-refractivity contribution >= 4 is 23.3 Å². The van der Waals surface area contributed by atoms with Crippen LogP contribution in [0.2, 0.25) is 0 Å². The Morgan fingerprint density at radius 1 is 0.923 bits per heavy atom. The predicted molar refractivity (Wildman–Crippen MR) is 150 cm³/mol. The van der Waals surface area contributed by atoms with Crippen molar-refractivity contribution in [3.8, 4) is 0 Å². The topological polar surface area (TPSA) is 102 Å². The fourth-order valence-electron chi connectivity index (χ4n) is 5.02. The number of hydrogen-bond acceptors (Lipinski definition) is 5. The number of carbonyl (C=O) groups excluding carboxylic acids is 1. The van der Waals surface area contributed by atoms with E-state index in [1.54, 1.807) is 12.1 Å². The number of benzene rings is 3. The molecule has 3 aromatic carbocycles. The van der Waals surface area contributed by atoms with Gasteiger partial charge >= 0.3 is 5.97 Å². The molecule has 2 atom stereocenters. The molecule has 0 radical (unpaired) electrons. The van der Waals surface area contributed by atoms with Crippen LogP contribution in [0.15, 0.2) is 83.9 Å². The fourth-order valence-corrected chi connectivity index (χ4v) is 5.02. The highest BCUT2D eigenvalue weighted by molar-refractivity contribution is 6.17. The Labute approximate surface area is 228 Å². The summed E-state index contributed by atoms with van der Waals surface area (Å²) in [5, 5.41) is 23.1. The number of hydrogen-bond donors (Lipinski definition) is 3. The zero-order chi connectivity index (χ0) is 27.6. The van der Waals surface area contributed by atoms with Crippen LogP contribution in [0.5, 0.6) is 0 Å². The van der Waals surface area contributed by atoms with Crippen LogP contribution in [0.25, 0.3) is 0 Å². The van der Waals surface area contributed by atoms with E-state index in [9.17, 15) is 24.2 Å². The average molecular weight is 532 g/mol. The van der Waals surface area contributed by atoms with E-state index in [2.05, 4.69) is 10.2 Å². The monoisotopic (exact) mass is 531 g/mol. The van der Waals surface area contributed by atoms with Crippen LogP contribution in [-0.2, 0) is 9.59 Å². The molecule has 1 heterocycles. The number of carboxylic acid groups (broad SMARTS) is 1. The van der Waals surface area contributed by atoms with Crippen molar-refractivity contribution in [1.29, 1.82) is 0 Å². The summed E-state index contributed by atoms with van der Waals surface area (Å²) in [7, 11) is 0. The van der Waals surface area contributed by atoms with Crippen molar-refractivity contribution in [3.05, 3.63) is 101 Å². The summed E-state index contributed by atoms with van der Waals surface area (Å²) < 4.78 is 13.6. The Morgan fingerprint density at radius 2 is 1.59 bits per heavy atom. The lowest BCUT2D eigenvalue weighted by Gasteiger charge is -2.26. The van der Waals surface area contributed by atoms with E-state index in [4.69, 9.17) is 4.99 Å². The van der Waals surface area contributed by atoms with Gasteiger partial charge in [-0.15, -0.1) is 0 Å². The van der Waals surface area contributed by atoms with Crippen molar-refractivity contribution in [2.75, 3.05) is 31.6 Å². The zero-order valence-electron chi connectivity index (χ0n) is 21.8. The molecule has 8 heteroatoms. The Bertz CT molecular complexity index is 1270. The Hall–Kier alpha value is -3.88. The molecule has 3 N–H and O–H groups in total. The number of aliphatic hydroxyl groups is 1. The molecule has 0 unspecified atom stereocenters. The summed E-state index contributed by atoms with van der Waals surface area (Å²) >= 11 is 0. The number of carbonyl (C=O) groups is 2. The molecule has 0 aliphatic carbocycles. The number of aliphatic imine (C=N–C) groups is 1. The summed E-state index contributed by atoms with van der Waals surface area (Å²) in [5.41, 5.74) is 2.78. The number of carboxylic acids is 1. The Morgan fingerprint density at radius 3 is 2.26 bits per heavy atom. The molecule has 4 rings (SSSR count). The minimum Gasteiger partial charge on any atom is -0.480 e. The molecule has 39 heavy (non-hydrogen) atoms. The third-order valence-corrected chi connectivity index (χ3v) is 6.96. The molecule has 0 aromatic heterocycles. The highest BCUT2D eigenvalue weighted by atomic mass is 19.1. The van der Waals surface area contributed by atoms with Gasteiger partial charge in [-0.3, -0.25) is 14.7 Å². The molecule has 1 saturated heterocycles. The van der Waals surface area contributed by atoms with Crippen LogP contribution < -0.4 is 5.32 Å². The van der Waals surface area contributed by atoms with Gasteiger partial charge in [-0.05, 0) is 56.1 Å². The first-order valence-electron chi connectivity index (χ1n) is 13.3. The normalized spacial score (nSPS) is 15.9. The smallest absolute Gasteiger partial charge is 0.329 e. The van der Waals surface area contributed by atoms with Gasteiger partial charge in [-0.2, -0.15) is 0 Å². The summed E-state index contributed by atoms with van der Waals surface area (Å²) in [4.78, 5) is 32.5. The number of nitrogens with one attached hydrogen (secondary N) is 1. The molecular formula is C31H34FN3O4. The first kappa shape index (κ1) is 28.1. The molecule has 0 spiro atoms. The minimum atomic E-state index is -1.27. The molecule has 204 valence electrons. The molecule has 0 saturated carbocycles. The number of likely N-dealkylation sites (tertiary alicyclic amines) is 1. The van der Waals surface area contributed by atoms with Gasteiger partial charge in [0.25, 0.3) is 0 Å². The maximum atomic E-state index is 13.6. The molecule has 1 amide bonds. The quantitative estimate of drug-likeness (QED) is 0.311. The zero-order valence-corrected chi connectivity index (χ0v) is 21.8. The maximum Gasteiger partial charge on any atom is 0.329 e. The summed E-state index contributed by atoms with van der Waals surface area (Å²) in [5.74, 6) is -2.45. The molecule has 1 fully saturated rings. The van der Waals surface area contributed by atoms with Crippen molar-refractivity contribution in [2.24, 2.45) is 4.99 Å². The first-order chi connectivity index (χ1) is 19.0. The van der Waals surface area contributed by atoms with Crippen molar-refractivity contribution < 1.29 is 24.2 Å². The van der Waals surface area contributed by atoms with Crippen LogP contribution >= 0.6 is 0 Å². The number of piperidine rings is 1. The van der Waals surface area contributed by atoms with E-state index in [-0.39, 0.29) is 25.5 Å². The Balaban J connectivity index is 1.74. The number of aliphatic carboxylic acids is 1. The van der Waals surface area contributed by atoms with E-state index >= 15 is 0 Å². The molecule has 1 aliphatic heterocycles. The largest absolute Gasteiger partial charge is 0.480 e. The van der Waals surface area contributed by atoms with E-state index in [1.165, 1.54) is 30.7 Å². The average Bonchev–Trinajstić information content (AvgIpc) is 2.95. The van der Waals surface area contributed by atoms with Gasteiger partial charge in [0.15, 0.2) is 6.04 Å². The lowest BCUT2D eigenvalue weighted by molar-refractivity contribution is -0.139. The fraction of sp³-hybridized carbons (Fsp3) is 0.323. The third-order valence-electron chi connectivity index (χ3n) is 6.96. The van der Waals surface area contributed by atoms with Gasteiger partial charge in [-0.25, -0.2) is 9.18 Å². The van der Waals surface area contributed by atoms with Crippen molar-refractivity contribution in [2.45, 2.75) is 37.6 Å². The van der Waals surface area contributed by atoms with Gasteiger partial charge in [0, 0.05) is 23.7 Å². The number of aliphatic hydroxyl groups excluding tert-OH is 1. The van der Waals surface area contributed by atoms with Gasteiger partial charge in [-0.1, -0.05) is 67.1 Å².